The van der Waals surface area contributed by atoms with Crippen molar-refractivity contribution in [3.8, 4) is 11.5 Å². The highest BCUT2D eigenvalue weighted by Gasteiger charge is 2.19. The molecular formula is C16H25NO3. The first-order valence-electron chi connectivity index (χ1n) is 7.40. The summed E-state index contributed by atoms with van der Waals surface area (Å²) in [6.07, 6.45) is 5.53. The van der Waals surface area contributed by atoms with Crippen molar-refractivity contribution in [3.05, 3.63) is 23.8 Å². The molecule has 112 valence electrons. The highest BCUT2D eigenvalue weighted by Crippen LogP contribution is 2.29. The summed E-state index contributed by atoms with van der Waals surface area (Å²) in [5.41, 5.74) is 6.61. The van der Waals surface area contributed by atoms with Gasteiger partial charge in [0.2, 0.25) is 0 Å². The molecule has 1 fully saturated rings. The summed E-state index contributed by atoms with van der Waals surface area (Å²) in [6.45, 7) is 0.723. The van der Waals surface area contributed by atoms with Gasteiger partial charge < -0.3 is 20.3 Å². The van der Waals surface area contributed by atoms with Crippen molar-refractivity contribution in [1.82, 2.24) is 0 Å². The Balaban J connectivity index is 1.86. The Labute approximate surface area is 120 Å². The van der Waals surface area contributed by atoms with E-state index in [9.17, 15) is 5.11 Å². The van der Waals surface area contributed by atoms with Gasteiger partial charge >= 0.3 is 0 Å². The van der Waals surface area contributed by atoms with E-state index in [1.165, 1.54) is 25.7 Å². The molecule has 0 aromatic heterocycles. The number of ether oxygens (including phenoxy) is 2. The number of methoxy groups -OCH3 is 1. The summed E-state index contributed by atoms with van der Waals surface area (Å²) in [5, 5.41) is 10.1. The van der Waals surface area contributed by atoms with Crippen LogP contribution in [0.5, 0.6) is 11.5 Å². The molecule has 1 aromatic carbocycles. The fraction of sp³-hybridized carbons (Fsp3) is 0.625. The zero-order valence-electron chi connectivity index (χ0n) is 12.2. The van der Waals surface area contributed by atoms with Crippen molar-refractivity contribution < 1.29 is 14.6 Å². The van der Waals surface area contributed by atoms with Gasteiger partial charge in [0.15, 0.2) is 0 Å². The van der Waals surface area contributed by atoms with Gasteiger partial charge in [0, 0.05) is 12.1 Å². The van der Waals surface area contributed by atoms with Crippen molar-refractivity contribution in [1.29, 1.82) is 0 Å². The Bertz CT molecular complexity index is 416. The number of hydrogen-bond acceptors (Lipinski definition) is 4. The number of rotatable bonds is 7. The van der Waals surface area contributed by atoms with E-state index in [1.54, 1.807) is 7.11 Å². The maximum atomic E-state index is 10.1. The Morgan fingerprint density at radius 2 is 2.10 bits per heavy atom. The minimum atomic E-state index is -0.397. The van der Waals surface area contributed by atoms with Gasteiger partial charge in [-0.25, -0.2) is 0 Å². The van der Waals surface area contributed by atoms with Gasteiger partial charge in [0.05, 0.1) is 13.2 Å². The van der Waals surface area contributed by atoms with Crippen LogP contribution in [0.4, 0.5) is 0 Å². The molecule has 1 atom stereocenters. The van der Waals surface area contributed by atoms with E-state index in [-0.39, 0.29) is 0 Å². The predicted octanol–water partition coefficient (Wildman–Crippen LogP) is 2.47. The first-order chi connectivity index (χ1) is 9.72. The van der Waals surface area contributed by atoms with Gasteiger partial charge in [-0.2, -0.15) is 0 Å². The fourth-order valence-corrected chi connectivity index (χ4v) is 2.87. The highest BCUT2D eigenvalue weighted by atomic mass is 16.5. The van der Waals surface area contributed by atoms with Gasteiger partial charge in [0.1, 0.15) is 18.1 Å². The Hall–Kier alpha value is -1.26. The normalized spacial score (nSPS) is 17.1. The standard InChI is InChI=1S/C16H25NO3/c1-19-15-6-7-16(13(9-15)10-17)20-11-14(18)8-12-4-2-3-5-12/h6-7,9,12,14,18H,2-5,8,10-11,17H2,1H3. The third-order valence-corrected chi connectivity index (χ3v) is 4.00. The van der Waals surface area contributed by atoms with Crippen LogP contribution in [0, 0.1) is 5.92 Å². The molecule has 1 aliphatic carbocycles. The molecule has 1 aliphatic rings. The summed E-state index contributed by atoms with van der Waals surface area (Å²) in [4.78, 5) is 0. The molecule has 0 spiro atoms. The van der Waals surface area contributed by atoms with Crippen LogP contribution in [0.15, 0.2) is 18.2 Å². The zero-order chi connectivity index (χ0) is 14.4. The quantitative estimate of drug-likeness (QED) is 0.805. The van der Waals surface area contributed by atoms with E-state index in [2.05, 4.69) is 0 Å². The Kier molecular flexibility index (Phi) is 5.68. The molecule has 1 saturated carbocycles. The third kappa shape index (κ3) is 4.12. The molecule has 0 saturated heterocycles. The number of aliphatic hydroxyl groups excluding tert-OH is 1. The molecule has 2 rings (SSSR count). The smallest absolute Gasteiger partial charge is 0.124 e. The average Bonchev–Trinajstić information content (AvgIpc) is 2.97. The number of nitrogens with two attached hydrogens (primary N) is 1. The predicted molar refractivity (Wildman–Crippen MR) is 79.0 cm³/mol. The molecular weight excluding hydrogens is 254 g/mol. The monoisotopic (exact) mass is 279 g/mol. The van der Waals surface area contributed by atoms with Crippen LogP contribution in [-0.2, 0) is 6.54 Å². The van der Waals surface area contributed by atoms with Crippen molar-refractivity contribution in [2.45, 2.75) is 44.8 Å². The summed E-state index contributed by atoms with van der Waals surface area (Å²) in [7, 11) is 1.63. The second-order valence-corrected chi connectivity index (χ2v) is 5.53. The molecule has 3 N–H and O–H groups in total. The lowest BCUT2D eigenvalue weighted by Crippen LogP contribution is -2.21. The molecule has 4 heteroatoms. The van der Waals surface area contributed by atoms with Crippen molar-refractivity contribution in [2.24, 2.45) is 11.7 Å². The Morgan fingerprint density at radius 1 is 1.35 bits per heavy atom. The maximum Gasteiger partial charge on any atom is 0.124 e. The maximum absolute atomic E-state index is 10.1. The topological polar surface area (TPSA) is 64.7 Å². The van der Waals surface area contributed by atoms with Crippen LogP contribution in [0.2, 0.25) is 0 Å². The molecule has 0 amide bonds. The van der Waals surface area contributed by atoms with Gasteiger partial charge in [0.25, 0.3) is 0 Å². The molecule has 20 heavy (non-hydrogen) atoms. The van der Waals surface area contributed by atoms with Gasteiger partial charge in [-0.3, -0.25) is 0 Å². The van der Waals surface area contributed by atoms with E-state index < -0.39 is 6.10 Å². The van der Waals surface area contributed by atoms with Crippen LogP contribution >= 0.6 is 0 Å². The minimum Gasteiger partial charge on any atom is -0.497 e. The van der Waals surface area contributed by atoms with Gasteiger partial charge in [-0.1, -0.05) is 25.7 Å². The third-order valence-electron chi connectivity index (χ3n) is 4.00. The van der Waals surface area contributed by atoms with Crippen LogP contribution < -0.4 is 15.2 Å². The first kappa shape index (κ1) is 15.1. The first-order valence-corrected chi connectivity index (χ1v) is 7.40. The van der Waals surface area contributed by atoms with E-state index in [1.807, 2.05) is 18.2 Å². The van der Waals surface area contributed by atoms with Crippen molar-refractivity contribution in [2.75, 3.05) is 13.7 Å². The molecule has 4 nitrogen and oxygen atoms in total. The van der Waals surface area contributed by atoms with E-state index in [0.717, 1.165) is 23.5 Å². The second kappa shape index (κ2) is 7.50. The van der Waals surface area contributed by atoms with Crippen molar-refractivity contribution >= 4 is 0 Å². The zero-order valence-corrected chi connectivity index (χ0v) is 12.2. The molecule has 1 aromatic rings. The van der Waals surface area contributed by atoms with Gasteiger partial charge in [-0.05, 0) is 30.5 Å². The molecule has 0 aliphatic heterocycles. The van der Waals surface area contributed by atoms with Gasteiger partial charge in [-0.15, -0.1) is 0 Å². The molecule has 0 heterocycles. The van der Waals surface area contributed by atoms with Crippen LogP contribution in [0.1, 0.15) is 37.7 Å². The van der Waals surface area contributed by atoms with E-state index >= 15 is 0 Å². The number of benzene rings is 1. The fourth-order valence-electron chi connectivity index (χ4n) is 2.87. The average molecular weight is 279 g/mol. The van der Waals surface area contributed by atoms with Crippen LogP contribution in [-0.4, -0.2) is 24.9 Å². The largest absolute Gasteiger partial charge is 0.497 e. The molecule has 1 unspecified atom stereocenters. The van der Waals surface area contributed by atoms with E-state index in [0.29, 0.717) is 19.1 Å². The SMILES string of the molecule is COc1ccc(OCC(O)CC2CCCC2)c(CN)c1. The highest BCUT2D eigenvalue weighted by molar-refractivity contribution is 5.40. The van der Waals surface area contributed by atoms with Crippen molar-refractivity contribution in [3.63, 3.8) is 0 Å². The summed E-state index contributed by atoms with van der Waals surface area (Å²) in [6, 6.07) is 5.57. The number of aliphatic hydroxyl groups is 1. The second-order valence-electron chi connectivity index (χ2n) is 5.53. The summed E-state index contributed by atoms with van der Waals surface area (Å²) in [5.74, 6) is 2.17. The summed E-state index contributed by atoms with van der Waals surface area (Å²) < 4.78 is 10.9. The molecule has 0 bridgehead atoms. The minimum absolute atomic E-state index is 0.329. The lowest BCUT2D eigenvalue weighted by atomic mass is 10.0. The van der Waals surface area contributed by atoms with Crippen LogP contribution in [0.3, 0.4) is 0 Å². The Morgan fingerprint density at radius 3 is 2.75 bits per heavy atom. The van der Waals surface area contributed by atoms with E-state index in [4.69, 9.17) is 15.2 Å². The summed E-state index contributed by atoms with van der Waals surface area (Å²) >= 11 is 0. The van der Waals surface area contributed by atoms with Crippen LogP contribution in [0.25, 0.3) is 0 Å². The lowest BCUT2D eigenvalue weighted by Gasteiger charge is -2.17. The number of hydrogen-bond donors (Lipinski definition) is 2. The molecule has 0 radical (unpaired) electrons. The lowest BCUT2D eigenvalue weighted by molar-refractivity contribution is 0.0851.